The summed E-state index contributed by atoms with van der Waals surface area (Å²) in [6.07, 6.45) is 7.18. The minimum Gasteiger partial charge on any atom is -0.396 e. The first-order valence-corrected chi connectivity index (χ1v) is 8.44. The van der Waals surface area contributed by atoms with Gasteiger partial charge in [-0.2, -0.15) is 0 Å². The van der Waals surface area contributed by atoms with Crippen molar-refractivity contribution in [1.82, 2.24) is 15.3 Å². The second-order valence-electron chi connectivity index (χ2n) is 5.49. The van der Waals surface area contributed by atoms with Gasteiger partial charge in [0.15, 0.2) is 0 Å². The van der Waals surface area contributed by atoms with Crippen LogP contribution in [0.3, 0.4) is 0 Å². The predicted octanol–water partition coefficient (Wildman–Crippen LogP) is 1.54. The van der Waals surface area contributed by atoms with E-state index in [9.17, 15) is 14.7 Å². The second-order valence-corrected chi connectivity index (χ2v) is 6.50. The van der Waals surface area contributed by atoms with Gasteiger partial charge in [0.1, 0.15) is 0 Å². The van der Waals surface area contributed by atoms with Crippen LogP contribution < -0.4 is 10.2 Å². The number of aliphatic hydroxyl groups is 1. The summed E-state index contributed by atoms with van der Waals surface area (Å²) in [6.45, 7) is 1.00. The van der Waals surface area contributed by atoms with E-state index in [0.29, 0.717) is 23.0 Å². The second kappa shape index (κ2) is 7.10. The van der Waals surface area contributed by atoms with E-state index < -0.39 is 5.91 Å². The first kappa shape index (κ1) is 15.9. The van der Waals surface area contributed by atoms with E-state index in [4.69, 9.17) is 0 Å². The molecule has 2 fully saturated rings. The monoisotopic (exact) mass is 334 g/mol. The van der Waals surface area contributed by atoms with Crippen LogP contribution in [0.1, 0.15) is 31.4 Å². The summed E-state index contributed by atoms with van der Waals surface area (Å²) in [7, 11) is 0. The molecule has 0 spiro atoms. The molecule has 0 bridgehead atoms. The molecule has 1 unspecified atom stereocenters. The number of carbonyl (C=O) groups is 2. The fraction of sp³-hybridized carbons (Fsp3) is 0.467. The van der Waals surface area contributed by atoms with Crippen LogP contribution in [-0.4, -0.2) is 45.4 Å². The lowest BCUT2D eigenvalue weighted by atomic mass is 10.0. The lowest BCUT2D eigenvalue weighted by Gasteiger charge is -2.35. The first-order chi connectivity index (χ1) is 11.2. The third kappa shape index (κ3) is 3.70. The van der Waals surface area contributed by atoms with E-state index >= 15 is 0 Å². The zero-order chi connectivity index (χ0) is 16.2. The highest BCUT2D eigenvalue weighted by molar-refractivity contribution is 8.18. The number of amides is 2. The Morgan fingerprint density at radius 3 is 3.04 bits per heavy atom. The van der Waals surface area contributed by atoms with Crippen molar-refractivity contribution in [3.63, 3.8) is 0 Å². The molecular formula is C15H18N4O3S. The topological polar surface area (TPSA) is 95.4 Å². The van der Waals surface area contributed by atoms with Crippen molar-refractivity contribution < 1.29 is 14.7 Å². The molecule has 1 atom stereocenters. The molecule has 23 heavy (non-hydrogen) atoms. The summed E-state index contributed by atoms with van der Waals surface area (Å²) < 4.78 is 0. The summed E-state index contributed by atoms with van der Waals surface area (Å²) >= 11 is 0.873. The van der Waals surface area contributed by atoms with E-state index in [1.54, 1.807) is 18.3 Å². The number of thioether (sulfide) groups is 1. The zero-order valence-corrected chi connectivity index (χ0v) is 13.4. The van der Waals surface area contributed by atoms with Gasteiger partial charge in [-0.15, -0.1) is 0 Å². The minimum absolute atomic E-state index is 0.143. The molecule has 2 saturated heterocycles. The third-order valence-corrected chi connectivity index (χ3v) is 4.74. The maximum atomic E-state index is 11.6. The van der Waals surface area contributed by atoms with E-state index in [2.05, 4.69) is 20.2 Å². The molecule has 0 saturated carbocycles. The van der Waals surface area contributed by atoms with Crippen LogP contribution in [0, 0.1) is 0 Å². The molecule has 3 rings (SSSR count). The largest absolute Gasteiger partial charge is 0.396 e. The van der Waals surface area contributed by atoms with Crippen LogP contribution in [0.5, 0.6) is 0 Å². The summed E-state index contributed by atoms with van der Waals surface area (Å²) in [4.78, 5) is 34.1. The van der Waals surface area contributed by atoms with Gasteiger partial charge >= 0.3 is 0 Å². The molecule has 2 aliphatic rings. The average Bonchev–Trinajstić information content (AvgIpc) is 2.86. The van der Waals surface area contributed by atoms with Gasteiger partial charge in [-0.3, -0.25) is 14.9 Å². The van der Waals surface area contributed by atoms with Crippen LogP contribution in [0.15, 0.2) is 17.2 Å². The van der Waals surface area contributed by atoms with E-state index in [0.717, 1.165) is 37.6 Å². The predicted molar refractivity (Wildman–Crippen MR) is 87.8 cm³/mol. The van der Waals surface area contributed by atoms with Crippen molar-refractivity contribution in [2.24, 2.45) is 0 Å². The van der Waals surface area contributed by atoms with Crippen molar-refractivity contribution in [3.8, 4) is 0 Å². The number of hydrogen-bond donors (Lipinski definition) is 2. The molecule has 2 N–H and O–H groups in total. The molecule has 3 heterocycles. The van der Waals surface area contributed by atoms with Gasteiger partial charge < -0.3 is 10.0 Å². The Kier molecular flexibility index (Phi) is 4.92. The molecule has 1 aromatic heterocycles. The van der Waals surface area contributed by atoms with Crippen LogP contribution in [0.25, 0.3) is 6.08 Å². The SMILES string of the molecule is O=C1NC(=O)/C(=C\c2ccnc(N3CCCCC3CCO)n2)S1. The van der Waals surface area contributed by atoms with Gasteiger partial charge in [-0.05, 0) is 49.6 Å². The number of imide groups is 1. The molecule has 1 aromatic rings. The Bertz CT molecular complexity index is 647. The summed E-state index contributed by atoms with van der Waals surface area (Å²) in [6, 6.07) is 1.94. The summed E-state index contributed by atoms with van der Waals surface area (Å²) in [5, 5.41) is 11.1. The molecule has 0 aliphatic carbocycles. The summed E-state index contributed by atoms with van der Waals surface area (Å²) in [5.41, 5.74) is 0.593. The van der Waals surface area contributed by atoms with Crippen LogP contribution in [0.2, 0.25) is 0 Å². The number of piperidine rings is 1. The standard InChI is InChI=1S/C15H18N4O3S/c20-8-5-11-3-1-2-7-19(11)14-16-6-4-10(17-14)9-12-13(21)18-15(22)23-12/h4,6,9,11,20H,1-3,5,7-8H2,(H,18,21,22)/b12-9+. The van der Waals surface area contributed by atoms with Gasteiger partial charge in [0.05, 0.1) is 10.6 Å². The van der Waals surface area contributed by atoms with Crippen molar-refractivity contribution >= 4 is 34.9 Å². The van der Waals surface area contributed by atoms with Crippen molar-refractivity contribution in [1.29, 1.82) is 0 Å². The molecule has 2 aliphatic heterocycles. The number of aliphatic hydroxyl groups excluding tert-OH is 1. The number of anilines is 1. The first-order valence-electron chi connectivity index (χ1n) is 7.63. The number of hydrogen-bond acceptors (Lipinski definition) is 7. The van der Waals surface area contributed by atoms with Crippen molar-refractivity contribution in [2.75, 3.05) is 18.1 Å². The van der Waals surface area contributed by atoms with Gasteiger partial charge in [0, 0.05) is 25.4 Å². The summed E-state index contributed by atoms with van der Waals surface area (Å²) in [5.74, 6) is 0.212. The van der Waals surface area contributed by atoms with E-state index in [1.165, 1.54) is 0 Å². The van der Waals surface area contributed by atoms with Crippen LogP contribution >= 0.6 is 11.8 Å². The lowest BCUT2D eigenvalue weighted by Crippen LogP contribution is -2.41. The highest BCUT2D eigenvalue weighted by Crippen LogP contribution is 2.27. The molecule has 7 nitrogen and oxygen atoms in total. The molecule has 2 amide bonds. The Hall–Kier alpha value is -1.93. The fourth-order valence-corrected chi connectivity index (χ4v) is 3.52. The van der Waals surface area contributed by atoms with Crippen LogP contribution in [0.4, 0.5) is 10.7 Å². The van der Waals surface area contributed by atoms with Gasteiger partial charge in [-0.1, -0.05) is 0 Å². The molecule has 0 radical (unpaired) electrons. The maximum absolute atomic E-state index is 11.6. The lowest BCUT2D eigenvalue weighted by molar-refractivity contribution is -0.115. The molecule has 122 valence electrons. The maximum Gasteiger partial charge on any atom is 0.290 e. The van der Waals surface area contributed by atoms with Gasteiger partial charge in [-0.25, -0.2) is 9.97 Å². The third-order valence-electron chi connectivity index (χ3n) is 3.93. The van der Waals surface area contributed by atoms with Crippen molar-refractivity contribution in [2.45, 2.75) is 31.7 Å². The van der Waals surface area contributed by atoms with Gasteiger partial charge in [0.25, 0.3) is 11.1 Å². The molecule has 0 aromatic carbocycles. The fourth-order valence-electron chi connectivity index (χ4n) is 2.85. The van der Waals surface area contributed by atoms with Crippen LogP contribution in [-0.2, 0) is 4.79 Å². The molecular weight excluding hydrogens is 316 g/mol. The average molecular weight is 334 g/mol. The number of nitrogens with zero attached hydrogens (tertiary/aromatic N) is 3. The Morgan fingerprint density at radius 2 is 2.30 bits per heavy atom. The zero-order valence-electron chi connectivity index (χ0n) is 12.6. The van der Waals surface area contributed by atoms with Crippen molar-refractivity contribution in [3.05, 3.63) is 22.9 Å². The quantitative estimate of drug-likeness (QED) is 0.806. The Labute approximate surface area is 138 Å². The highest BCUT2D eigenvalue weighted by Gasteiger charge is 2.26. The van der Waals surface area contributed by atoms with E-state index in [-0.39, 0.29) is 17.9 Å². The number of rotatable bonds is 4. The molecule has 8 heteroatoms. The minimum atomic E-state index is -0.392. The number of aromatic nitrogens is 2. The van der Waals surface area contributed by atoms with Gasteiger partial charge in [0.2, 0.25) is 5.95 Å². The smallest absolute Gasteiger partial charge is 0.290 e. The number of carbonyl (C=O) groups excluding carboxylic acids is 2. The normalized spacial score (nSPS) is 23.4. The number of nitrogens with one attached hydrogen (secondary N) is 1. The Balaban J connectivity index is 1.83. The highest BCUT2D eigenvalue weighted by atomic mass is 32.2. The Morgan fingerprint density at radius 1 is 1.43 bits per heavy atom. The van der Waals surface area contributed by atoms with E-state index in [1.807, 2.05) is 0 Å².